The van der Waals surface area contributed by atoms with Crippen molar-refractivity contribution in [2.24, 2.45) is 0 Å². The van der Waals surface area contributed by atoms with Gasteiger partial charge in [-0.15, -0.1) is 0 Å². The molecule has 0 saturated carbocycles. The van der Waals surface area contributed by atoms with Crippen LogP contribution in [0, 0.1) is 11.3 Å². The van der Waals surface area contributed by atoms with E-state index >= 15 is 0 Å². The summed E-state index contributed by atoms with van der Waals surface area (Å²) in [6, 6.07) is 10.3. The second-order valence-corrected chi connectivity index (χ2v) is 4.30. The average Bonchev–Trinajstić information content (AvgIpc) is 2.72. The third kappa shape index (κ3) is 2.22. The molecular weight excluding hydrogens is 284 g/mol. The van der Waals surface area contributed by atoms with Crippen LogP contribution in [0.15, 0.2) is 41.0 Å². The molecule has 0 aliphatic rings. The van der Waals surface area contributed by atoms with Gasteiger partial charge < -0.3 is 9.67 Å². The predicted molar refractivity (Wildman–Crippen MR) is 65.1 cm³/mol. The number of rotatable bonds is 2. The van der Waals surface area contributed by atoms with Crippen LogP contribution in [0.3, 0.4) is 0 Å². The van der Waals surface area contributed by atoms with Crippen molar-refractivity contribution in [3.8, 4) is 11.8 Å². The van der Waals surface area contributed by atoms with Crippen LogP contribution in [0.1, 0.15) is 16.1 Å². The van der Waals surface area contributed by atoms with E-state index in [4.69, 9.17) is 10.4 Å². The van der Waals surface area contributed by atoms with E-state index in [1.165, 1.54) is 10.6 Å². The van der Waals surface area contributed by atoms with Crippen LogP contribution >= 0.6 is 15.9 Å². The lowest BCUT2D eigenvalue weighted by atomic mass is 10.2. The molecule has 2 aromatic rings. The number of aromatic carboxylic acids is 1. The topological polar surface area (TPSA) is 66.0 Å². The Morgan fingerprint density at radius 1 is 1.41 bits per heavy atom. The van der Waals surface area contributed by atoms with Gasteiger partial charge in [0.15, 0.2) is 0 Å². The first-order valence-electron chi connectivity index (χ1n) is 4.73. The minimum Gasteiger partial charge on any atom is -0.477 e. The van der Waals surface area contributed by atoms with Gasteiger partial charge in [0.05, 0.1) is 11.6 Å². The van der Waals surface area contributed by atoms with E-state index in [9.17, 15) is 4.79 Å². The Morgan fingerprint density at radius 2 is 2.18 bits per heavy atom. The average molecular weight is 291 g/mol. The maximum atomic E-state index is 11.1. The lowest BCUT2D eigenvalue weighted by molar-refractivity contribution is 0.0688. The molecule has 0 amide bonds. The van der Waals surface area contributed by atoms with Crippen molar-refractivity contribution >= 4 is 21.9 Å². The Hall–Kier alpha value is -2.06. The highest BCUT2D eigenvalue weighted by Crippen LogP contribution is 2.20. The van der Waals surface area contributed by atoms with Crippen molar-refractivity contribution < 1.29 is 9.90 Å². The molecule has 1 aromatic heterocycles. The van der Waals surface area contributed by atoms with Crippen molar-refractivity contribution in [1.82, 2.24) is 4.57 Å². The summed E-state index contributed by atoms with van der Waals surface area (Å²) in [4.78, 5) is 11.1. The first kappa shape index (κ1) is 11.4. The van der Waals surface area contributed by atoms with Crippen molar-refractivity contribution in [1.29, 1.82) is 5.26 Å². The lowest BCUT2D eigenvalue weighted by Crippen LogP contribution is -2.05. The third-order valence-corrected chi connectivity index (χ3v) is 2.69. The Balaban J connectivity index is 2.60. The number of halogens is 1. The first-order valence-corrected chi connectivity index (χ1v) is 5.53. The Morgan fingerprint density at radius 3 is 2.82 bits per heavy atom. The number of carbonyl (C=O) groups is 1. The summed E-state index contributed by atoms with van der Waals surface area (Å²) in [7, 11) is 0. The smallest absolute Gasteiger partial charge is 0.352 e. The number of hydrogen-bond donors (Lipinski definition) is 1. The Bertz CT molecular complexity index is 626. The Kier molecular flexibility index (Phi) is 2.98. The van der Waals surface area contributed by atoms with Crippen LogP contribution < -0.4 is 0 Å². The molecule has 2 rings (SSSR count). The van der Waals surface area contributed by atoms with Gasteiger partial charge in [-0.05, 0) is 40.2 Å². The monoisotopic (exact) mass is 290 g/mol. The van der Waals surface area contributed by atoms with Crippen LogP contribution in [-0.2, 0) is 0 Å². The van der Waals surface area contributed by atoms with Gasteiger partial charge in [-0.25, -0.2) is 4.79 Å². The van der Waals surface area contributed by atoms with Crippen molar-refractivity contribution in [3.63, 3.8) is 0 Å². The molecule has 0 bridgehead atoms. The fourth-order valence-electron chi connectivity index (χ4n) is 1.53. The van der Waals surface area contributed by atoms with E-state index in [0.717, 1.165) is 0 Å². The molecule has 1 aromatic carbocycles. The number of nitriles is 1. The van der Waals surface area contributed by atoms with Crippen LogP contribution in [0.2, 0.25) is 0 Å². The van der Waals surface area contributed by atoms with Crippen molar-refractivity contribution in [2.75, 3.05) is 0 Å². The molecule has 4 nitrogen and oxygen atoms in total. The third-order valence-electron chi connectivity index (χ3n) is 2.26. The summed E-state index contributed by atoms with van der Waals surface area (Å²) in [5, 5.41) is 17.9. The lowest BCUT2D eigenvalue weighted by Gasteiger charge is -2.05. The molecule has 1 heterocycles. The second-order valence-electron chi connectivity index (χ2n) is 3.38. The molecule has 84 valence electrons. The minimum atomic E-state index is -1.02. The summed E-state index contributed by atoms with van der Waals surface area (Å²) >= 11 is 3.23. The van der Waals surface area contributed by atoms with Gasteiger partial charge in [0.1, 0.15) is 5.69 Å². The highest BCUT2D eigenvalue weighted by molar-refractivity contribution is 9.10. The zero-order chi connectivity index (χ0) is 12.4. The first-order chi connectivity index (χ1) is 8.11. The summed E-state index contributed by atoms with van der Waals surface area (Å²) < 4.78 is 2.20. The molecular formula is C12H7BrN2O2. The number of aromatic nitrogens is 1. The minimum absolute atomic E-state index is 0.145. The number of hydrogen-bond acceptors (Lipinski definition) is 2. The summed E-state index contributed by atoms with van der Waals surface area (Å²) in [5.74, 6) is -1.02. The van der Waals surface area contributed by atoms with Crippen LogP contribution in [0.25, 0.3) is 5.69 Å². The highest BCUT2D eigenvalue weighted by Gasteiger charge is 2.12. The normalized spacial score (nSPS) is 9.88. The van der Waals surface area contributed by atoms with E-state index in [1.54, 1.807) is 30.5 Å². The zero-order valence-corrected chi connectivity index (χ0v) is 10.2. The van der Waals surface area contributed by atoms with Gasteiger partial charge >= 0.3 is 5.97 Å². The van der Waals surface area contributed by atoms with E-state index < -0.39 is 5.97 Å². The van der Waals surface area contributed by atoms with E-state index in [-0.39, 0.29) is 5.69 Å². The quantitative estimate of drug-likeness (QED) is 0.925. The van der Waals surface area contributed by atoms with Crippen LogP contribution in [0.5, 0.6) is 0 Å². The molecule has 17 heavy (non-hydrogen) atoms. The van der Waals surface area contributed by atoms with Crippen LogP contribution in [0.4, 0.5) is 0 Å². The van der Waals surface area contributed by atoms with Crippen molar-refractivity contribution in [3.05, 3.63) is 52.3 Å². The van der Waals surface area contributed by atoms with Gasteiger partial charge in [0.25, 0.3) is 0 Å². The molecule has 0 aliphatic carbocycles. The van der Waals surface area contributed by atoms with Gasteiger partial charge in [-0.2, -0.15) is 5.26 Å². The fourth-order valence-corrected chi connectivity index (χ4v) is 1.96. The van der Waals surface area contributed by atoms with E-state index in [0.29, 0.717) is 15.7 Å². The largest absolute Gasteiger partial charge is 0.477 e. The van der Waals surface area contributed by atoms with Gasteiger partial charge in [-0.3, -0.25) is 0 Å². The Labute approximate surface area is 106 Å². The zero-order valence-electron chi connectivity index (χ0n) is 8.59. The fraction of sp³-hybridized carbons (Fsp3) is 0. The highest BCUT2D eigenvalue weighted by atomic mass is 79.9. The van der Waals surface area contributed by atoms with Crippen molar-refractivity contribution in [2.45, 2.75) is 0 Å². The summed E-state index contributed by atoms with van der Waals surface area (Å²) in [5.41, 5.74) is 1.28. The maximum Gasteiger partial charge on any atom is 0.352 e. The number of nitrogens with zero attached hydrogens (tertiary/aromatic N) is 2. The standard InChI is InChI=1S/C12H7BrN2O2/c13-9-5-11(12(16)17)15(7-9)10-3-1-2-8(4-10)6-14/h1-5,7H,(H,16,17). The summed E-state index contributed by atoms with van der Waals surface area (Å²) in [6.45, 7) is 0. The summed E-state index contributed by atoms with van der Waals surface area (Å²) in [6.07, 6.45) is 1.65. The number of benzene rings is 1. The molecule has 0 aliphatic heterocycles. The number of carboxylic acids is 1. The van der Waals surface area contributed by atoms with E-state index in [2.05, 4.69) is 15.9 Å². The molecule has 0 atom stereocenters. The van der Waals surface area contributed by atoms with Gasteiger partial charge in [-0.1, -0.05) is 6.07 Å². The maximum absolute atomic E-state index is 11.1. The van der Waals surface area contributed by atoms with Gasteiger partial charge in [0.2, 0.25) is 0 Å². The second kappa shape index (κ2) is 4.44. The molecule has 0 fully saturated rings. The molecule has 5 heteroatoms. The SMILES string of the molecule is N#Cc1cccc(-n2cc(Br)cc2C(=O)O)c1. The van der Waals surface area contributed by atoms with Gasteiger partial charge in [0, 0.05) is 16.4 Å². The molecule has 0 saturated heterocycles. The molecule has 0 unspecified atom stereocenters. The van der Waals surface area contributed by atoms with Crippen LogP contribution in [-0.4, -0.2) is 15.6 Å². The molecule has 1 N–H and O–H groups in total. The van der Waals surface area contributed by atoms with E-state index in [1.807, 2.05) is 6.07 Å². The molecule has 0 spiro atoms. The predicted octanol–water partition coefficient (Wildman–Crippen LogP) is 2.81. The number of carboxylic acid groups (broad SMARTS) is 1. The molecule has 0 radical (unpaired) electrons.